The molecule has 9 N–H and O–H groups in total. The first-order chi connectivity index (χ1) is 39.2. The summed E-state index contributed by atoms with van der Waals surface area (Å²) in [7, 11) is 0. The Morgan fingerprint density at radius 2 is 0.833 bits per heavy atom. The number of benzene rings is 3. The van der Waals surface area contributed by atoms with E-state index in [9.17, 15) is 35.9 Å². The number of hydrogen-bond acceptors (Lipinski definition) is 16. The number of imidazole rings is 2. The van der Waals surface area contributed by atoms with Gasteiger partial charge in [-0.15, -0.1) is 0 Å². The molecule has 27 heteroatoms. The summed E-state index contributed by atoms with van der Waals surface area (Å²) >= 11 is 0. The molecule has 84 heavy (non-hydrogen) atoms. The van der Waals surface area contributed by atoms with Crippen LogP contribution in [0.4, 0.5) is 37.7 Å². The maximum Gasteiger partial charge on any atom is 0.381 e. The predicted molar refractivity (Wildman–Crippen MR) is 303 cm³/mol. The van der Waals surface area contributed by atoms with Crippen molar-refractivity contribution in [2.24, 2.45) is 0 Å². The Morgan fingerprint density at radius 1 is 0.476 bits per heavy atom. The van der Waals surface area contributed by atoms with Crippen molar-refractivity contribution in [3.05, 3.63) is 117 Å². The number of nitrogen functional groups attached to an aromatic ring is 2. The molecule has 442 valence electrons. The van der Waals surface area contributed by atoms with Gasteiger partial charge in [-0.1, -0.05) is 22.9 Å². The maximum atomic E-state index is 13.2. The number of nitrogens with zero attached hydrogens (tertiary/aromatic N) is 8. The van der Waals surface area contributed by atoms with Crippen LogP contribution < -0.4 is 11.5 Å². The van der Waals surface area contributed by atoms with E-state index in [2.05, 4.69) is 82.9 Å². The van der Waals surface area contributed by atoms with Gasteiger partial charge >= 0.3 is 24.8 Å². The zero-order valence-electron chi connectivity index (χ0n) is 47.1. The molecule has 0 radical (unpaired) electrons. The number of carbonyl (C=O) groups is 2. The second-order valence-corrected chi connectivity index (χ2v) is 19.5. The van der Waals surface area contributed by atoms with E-state index < -0.39 is 31.2 Å². The SMILES string of the molecule is C.Cc1n[nH]c(C)c1-c1cc(-c2c(C)noc2C)cc(N)c1N.Cc1n[nH]c(C)c1-c1cc(-c2c(C)noc2C)cc2[nH]c(C(F)F)nc12.Cc1nc2c(-c3c(C)n[nH]c3C)cc(-c3c(C)noc3C)cc2[nH]1.O=C(OC(=O)C(F)F)C(F)F. The zero-order valence-corrected chi connectivity index (χ0v) is 47.1. The topological polar surface area (TPSA) is 317 Å². The average Bonchev–Trinajstić information content (AvgIpc) is 2.03. The molecule has 0 saturated carbocycles. The molecular formula is C57H61F6N15O6. The number of halogens is 6. The number of nitrogens with one attached hydrogen (secondary N) is 5. The average molecular weight is 1170 g/mol. The predicted octanol–water partition coefficient (Wildman–Crippen LogP) is 13.3. The van der Waals surface area contributed by atoms with Gasteiger partial charge in [0.2, 0.25) is 0 Å². The monoisotopic (exact) mass is 1170 g/mol. The number of fused-ring (bicyclic) bond motifs is 2. The third kappa shape index (κ3) is 12.3. The van der Waals surface area contributed by atoms with E-state index in [1.165, 1.54) is 0 Å². The highest BCUT2D eigenvalue weighted by atomic mass is 19.3. The molecule has 0 aliphatic heterocycles. The summed E-state index contributed by atoms with van der Waals surface area (Å²) in [5, 5.41) is 33.9. The van der Waals surface area contributed by atoms with Gasteiger partial charge in [-0.2, -0.15) is 32.9 Å². The van der Waals surface area contributed by atoms with Crippen molar-refractivity contribution < 1.29 is 54.2 Å². The normalized spacial score (nSPS) is 11.2. The fraction of sp³-hybridized carbons (Fsp3) is 0.298. The van der Waals surface area contributed by atoms with E-state index in [1.807, 2.05) is 108 Å². The van der Waals surface area contributed by atoms with E-state index in [-0.39, 0.29) is 13.3 Å². The molecule has 0 fully saturated rings. The van der Waals surface area contributed by atoms with E-state index in [0.29, 0.717) is 28.2 Å². The van der Waals surface area contributed by atoms with Crippen molar-refractivity contribution >= 4 is 45.4 Å². The number of carbonyl (C=O) groups excluding carboxylic acids is 2. The summed E-state index contributed by atoms with van der Waals surface area (Å²) < 4.78 is 90.0. The molecule has 3 aromatic carbocycles. The third-order valence-electron chi connectivity index (χ3n) is 13.4. The summed E-state index contributed by atoms with van der Waals surface area (Å²) in [5.74, 6) is -1.76. The highest BCUT2D eigenvalue weighted by Gasteiger charge is 2.27. The standard InChI is InChI=1S/C18H17F2N5O.C18H19N5O.C16H19N5O.C4H2F4O3.CH4/c1-7-14(8(2)24-23-7)12-5-11(15-9(3)25-26-10(15)4)6-13-16(12)22-18(21-13)17(19)20;1-8-16(9(2)22-21-8)14-6-13(17-10(3)23-24-11(17)4)7-15-18(14)20-12(5)19-15;1-7-14(8(2)20-19-7)12-5-11(6-13(17)16(12)18)15-9(3)21-22-10(15)4;5-1(6)3(9)11-4(10)2(7)8;/h5-6,17H,1-4H3,(H,21,22)(H,23,24);6-7H,1-5H3,(H,19,20)(H,21,22);5-6H,17-18H2,1-4H3,(H,19,20);1-2H;1H4. The lowest BCUT2D eigenvalue weighted by molar-refractivity contribution is -0.174. The van der Waals surface area contributed by atoms with Gasteiger partial charge in [-0.25, -0.2) is 28.3 Å². The van der Waals surface area contributed by atoms with Crippen LogP contribution in [0.25, 0.3) is 88.8 Å². The molecule has 0 aliphatic carbocycles. The van der Waals surface area contributed by atoms with Crippen molar-refractivity contribution in [3.8, 4) is 66.8 Å². The van der Waals surface area contributed by atoms with Gasteiger partial charge in [0.1, 0.15) is 23.1 Å². The Labute approximate surface area is 475 Å². The number of ether oxygens (including phenoxy) is 1. The summed E-state index contributed by atoms with van der Waals surface area (Å²) in [6.45, 7) is 25.0. The molecule has 21 nitrogen and oxygen atoms in total. The first kappa shape index (κ1) is 61.8. The molecule has 11 aromatic rings. The Hall–Kier alpha value is -9.82. The lowest BCUT2D eigenvalue weighted by atomic mass is 9.94. The van der Waals surface area contributed by atoms with Crippen molar-refractivity contribution in [2.45, 2.75) is 117 Å². The quantitative estimate of drug-likeness (QED) is 0.0306. The molecule has 0 spiro atoms. The molecule has 0 saturated heterocycles. The Morgan fingerprint density at radius 3 is 1.18 bits per heavy atom. The van der Waals surface area contributed by atoms with Crippen LogP contribution in [0.3, 0.4) is 0 Å². The second kappa shape index (κ2) is 24.7. The number of esters is 2. The number of rotatable bonds is 9. The highest BCUT2D eigenvalue weighted by Crippen LogP contribution is 2.42. The van der Waals surface area contributed by atoms with Gasteiger partial charge in [-0.05, 0) is 143 Å². The van der Waals surface area contributed by atoms with Crippen LogP contribution in [-0.4, -0.2) is 90.8 Å². The summed E-state index contributed by atoms with van der Waals surface area (Å²) in [6, 6.07) is 11.9. The summed E-state index contributed by atoms with van der Waals surface area (Å²) in [6.07, 6.45) is -9.82. The molecule has 0 amide bonds. The van der Waals surface area contributed by atoms with Gasteiger partial charge in [0.25, 0.3) is 6.43 Å². The molecule has 0 unspecified atom stereocenters. The third-order valence-corrected chi connectivity index (χ3v) is 13.4. The van der Waals surface area contributed by atoms with Crippen LogP contribution in [0.15, 0.2) is 50.0 Å². The van der Waals surface area contributed by atoms with Crippen LogP contribution in [0, 0.1) is 90.0 Å². The number of anilines is 2. The summed E-state index contributed by atoms with van der Waals surface area (Å²) in [5.41, 5.74) is 35.6. The number of aromatic nitrogens is 13. The van der Waals surface area contributed by atoms with E-state index in [1.54, 1.807) is 6.07 Å². The maximum absolute atomic E-state index is 13.2. The van der Waals surface area contributed by atoms with Crippen LogP contribution >= 0.6 is 0 Å². The van der Waals surface area contributed by atoms with Crippen molar-refractivity contribution in [1.29, 1.82) is 0 Å². The molecule has 0 atom stereocenters. The Kier molecular flexibility index (Phi) is 18.2. The zero-order chi connectivity index (χ0) is 60.6. The first-order valence-electron chi connectivity index (χ1n) is 25.4. The molecule has 0 bridgehead atoms. The van der Waals surface area contributed by atoms with Crippen LogP contribution in [-0.2, 0) is 14.3 Å². The van der Waals surface area contributed by atoms with Crippen molar-refractivity contribution in [3.63, 3.8) is 0 Å². The van der Waals surface area contributed by atoms with Gasteiger partial charge in [0.05, 0.1) is 67.6 Å². The largest absolute Gasteiger partial charge is 0.397 e. The number of aryl methyl sites for hydroxylation is 13. The lowest BCUT2D eigenvalue weighted by Gasteiger charge is -2.12. The Bertz CT molecular complexity index is 4080. The molecular weight excluding hydrogens is 1100 g/mol. The number of H-pyrrole nitrogens is 5. The molecule has 8 aromatic heterocycles. The van der Waals surface area contributed by atoms with Crippen LogP contribution in [0.1, 0.15) is 94.0 Å². The number of nitrogens with two attached hydrogens (primary N) is 2. The minimum atomic E-state index is -3.57. The van der Waals surface area contributed by atoms with Crippen LogP contribution in [0.2, 0.25) is 0 Å². The highest BCUT2D eigenvalue weighted by molar-refractivity contribution is 5.99. The van der Waals surface area contributed by atoms with E-state index >= 15 is 0 Å². The first-order valence-corrected chi connectivity index (χ1v) is 25.4. The number of alkyl halides is 6. The van der Waals surface area contributed by atoms with Gasteiger partial charge in [0, 0.05) is 67.2 Å². The molecule has 0 aliphatic rings. The summed E-state index contributed by atoms with van der Waals surface area (Å²) in [4.78, 5) is 34.4. The smallest absolute Gasteiger partial charge is 0.381 e. The van der Waals surface area contributed by atoms with Crippen molar-refractivity contribution in [1.82, 2.24) is 66.0 Å². The molecule has 11 rings (SSSR count). The minimum absolute atomic E-state index is 0. The number of hydrogen-bond donors (Lipinski definition) is 7. The van der Waals surface area contributed by atoms with Gasteiger partial charge < -0.3 is 39.7 Å². The van der Waals surface area contributed by atoms with Crippen LogP contribution in [0.5, 0.6) is 0 Å². The number of aromatic amines is 5. The van der Waals surface area contributed by atoms with Crippen molar-refractivity contribution in [2.75, 3.05) is 11.5 Å². The fourth-order valence-corrected chi connectivity index (χ4v) is 9.89. The molecule has 8 heterocycles. The Balaban J connectivity index is 0.000000166. The lowest BCUT2D eigenvalue weighted by Crippen LogP contribution is -2.23. The van der Waals surface area contributed by atoms with Gasteiger partial charge in [0.15, 0.2) is 5.82 Å². The van der Waals surface area contributed by atoms with E-state index in [4.69, 9.17) is 25.0 Å². The fourth-order valence-electron chi connectivity index (χ4n) is 9.89. The second-order valence-electron chi connectivity index (χ2n) is 19.5. The van der Waals surface area contributed by atoms with Gasteiger partial charge in [-0.3, -0.25) is 15.3 Å². The minimum Gasteiger partial charge on any atom is -0.397 e. The van der Waals surface area contributed by atoms with E-state index in [0.717, 1.165) is 146 Å².